The molecular formula is C27H28N2O6S. The van der Waals surface area contributed by atoms with Gasteiger partial charge >= 0.3 is 5.97 Å². The summed E-state index contributed by atoms with van der Waals surface area (Å²) in [4.78, 5) is 31.7. The zero-order valence-electron chi connectivity index (χ0n) is 20.8. The monoisotopic (exact) mass is 508 g/mol. The first-order chi connectivity index (χ1) is 17.2. The number of fused-ring (bicyclic) bond motifs is 1. The summed E-state index contributed by atoms with van der Waals surface area (Å²) in [5.74, 6) is 0.499. The predicted molar refractivity (Wildman–Crippen MR) is 137 cm³/mol. The largest absolute Gasteiger partial charge is 0.504 e. The highest BCUT2D eigenvalue weighted by Crippen LogP contribution is 2.32. The van der Waals surface area contributed by atoms with Gasteiger partial charge in [0.25, 0.3) is 5.56 Å². The lowest BCUT2D eigenvalue weighted by Crippen LogP contribution is -2.39. The van der Waals surface area contributed by atoms with Crippen molar-refractivity contribution in [2.45, 2.75) is 39.8 Å². The van der Waals surface area contributed by atoms with Gasteiger partial charge in [-0.3, -0.25) is 9.36 Å². The highest BCUT2D eigenvalue weighted by atomic mass is 32.1. The molecule has 8 nitrogen and oxygen atoms in total. The Morgan fingerprint density at radius 3 is 2.58 bits per heavy atom. The minimum absolute atomic E-state index is 0.00991. The fourth-order valence-corrected chi connectivity index (χ4v) is 5.09. The van der Waals surface area contributed by atoms with Gasteiger partial charge in [-0.05, 0) is 69.2 Å². The summed E-state index contributed by atoms with van der Waals surface area (Å²) in [6.45, 7) is 7.58. The van der Waals surface area contributed by atoms with E-state index in [-0.39, 0.29) is 24.0 Å². The van der Waals surface area contributed by atoms with Gasteiger partial charge in [-0.1, -0.05) is 29.5 Å². The third kappa shape index (κ3) is 4.92. The van der Waals surface area contributed by atoms with Gasteiger partial charge in [0, 0.05) is 0 Å². The van der Waals surface area contributed by atoms with Crippen LogP contribution in [0.1, 0.15) is 44.9 Å². The van der Waals surface area contributed by atoms with Crippen LogP contribution in [0.4, 0.5) is 0 Å². The molecule has 0 radical (unpaired) electrons. The number of allylic oxidation sites excluding steroid dienone is 1. The molecule has 188 valence electrons. The Morgan fingerprint density at radius 2 is 1.94 bits per heavy atom. The number of nitrogens with zero attached hydrogens (tertiary/aromatic N) is 2. The Bertz CT molecular complexity index is 1500. The summed E-state index contributed by atoms with van der Waals surface area (Å²) in [6.07, 6.45) is 1.73. The number of benzene rings is 2. The zero-order chi connectivity index (χ0) is 26.0. The number of rotatable bonds is 7. The van der Waals surface area contributed by atoms with E-state index in [0.29, 0.717) is 37.7 Å². The Hall–Kier alpha value is -3.85. The van der Waals surface area contributed by atoms with Gasteiger partial charge in [0.2, 0.25) is 0 Å². The number of methoxy groups -OCH3 is 1. The van der Waals surface area contributed by atoms with E-state index in [0.717, 1.165) is 5.56 Å². The van der Waals surface area contributed by atoms with Crippen LogP contribution in [0.3, 0.4) is 0 Å². The molecule has 9 heteroatoms. The van der Waals surface area contributed by atoms with Crippen LogP contribution in [0.15, 0.2) is 63.5 Å². The highest BCUT2D eigenvalue weighted by Gasteiger charge is 2.33. The van der Waals surface area contributed by atoms with Crippen LogP contribution in [-0.2, 0) is 9.53 Å². The molecule has 1 aromatic heterocycles. The fourth-order valence-electron chi connectivity index (χ4n) is 4.04. The van der Waals surface area contributed by atoms with Crippen molar-refractivity contribution < 1.29 is 24.1 Å². The molecule has 1 aliphatic heterocycles. The molecule has 0 saturated carbocycles. The molecule has 0 aliphatic carbocycles. The minimum atomic E-state index is -0.704. The Morgan fingerprint density at radius 1 is 1.22 bits per heavy atom. The number of esters is 1. The number of thiazole rings is 1. The van der Waals surface area contributed by atoms with Crippen LogP contribution in [0.5, 0.6) is 17.2 Å². The van der Waals surface area contributed by atoms with Crippen molar-refractivity contribution >= 4 is 23.4 Å². The van der Waals surface area contributed by atoms with E-state index in [9.17, 15) is 14.7 Å². The molecule has 0 unspecified atom stereocenters. The van der Waals surface area contributed by atoms with Crippen molar-refractivity contribution in [2.75, 3.05) is 13.7 Å². The van der Waals surface area contributed by atoms with E-state index < -0.39 is 12.0 Å². The summed E-state index contributed by atoms with van der Waals surface area (Å²) < 4.78 is 18.2. The molecule has 1 aliphatic rings. The molecule has 0 spiro atoms. The summed E-state index contributed by atoms with van der Waals surface area (Å²) >= 11 is 1.23. The molecule has 0 saturated heterocycles. The first-order valence-corrected chi connectivity index (χ1v) is 12.4. The number of phenols is 1. The average molecular weight is 509 g/mol. The predicted octanol–water partition coefficient (Wildman–Crippen LogP) is 3.30. The molecule has 0 fully saturated rings. The lowest BCUT2D eigenvalue weighted by molar-refractivity contribution is -0.139. The lowest BCUT2D eigenvalue weighted by atomic mass is 9.96. The van der Waals surface area contributed by atoms with Crippen LogP contribution in [0.25, 0.3) is 6.08 Å². The zero-order valence-corrected chi connectivity index (χ0v) is 21.6. The van der Waals surface area contributed by atoms with Gasteiger partial charge < -0.3 is 19.3 Å². The standard InChI is InChI=1S/C27H28N2O6S/c1-6-34-26(32)23-16(4)28-27-29(24(23)18-8-10-19(11-9-18)35-15(2)3)25(31)22(36-27)14-17-7-12-20(30)21(13-17)33-5/h7-15,24,30H,6H2,1-5H3/b22-14-/t24-/m1/s1. The number of phenolic OH excluding ortho intramolecular Hbond substituents is 1. The van der Waals surface area contributed by atoms with Crippen molar-refractivity contribution in [1.29, 1.82) is 0 Å². The maximum absolute atomic E-state index is 13.7. The van der Waals surface area contributed by atoms with Gasteiger partial charge in [-0.2, -0.15) is 0 Å². The Balaban J connectivity index is 1.89. The van der Waals surface area contributed by atoms with Crippen LogP contribution < -0.4 is 24.4 Å². The third-order valence-electron chi connectivity index (χ3n) is 5.59. The van der Waals surface area contributed by atoms with Crippen LogP contribution in [0.2, 0.25) is 0 Å². The molecule has 1 N–H and O–H groups in total. The van der Waals surface area contributed by atoms with Crippen molar-refractivity contribution in [1.82, 2.24) is 4.57 Å². The molecule has 3 aromatic rings. The van der Waals surface area contributed by atoms with Crippen molar-refractivity contribution in [3.63, 3.8) is 0 Å². The second kappa shape index (κ2) is 10.4. The van der Waals surface area contributed by atoms with Crippen molar-refractivity contribution in [3.8, 4) is 17.2 Å². The number of ether oxygens (including phenoxy) is 3. The number of aromatic hydroxyl groups is 1. The molecule has 36 heavy (non-hydrogen) atoms. The lowest BCUT2D eigenvalue weighted by Gasteiger charge is -2.25. The van der Waals surface area contributed by atoms with E-state index in [1.54, 1.807) is 32.1 Å². The van der Waals surface area contributed by atoms with Crippen LogP contribution >= 0.6 is 11.3 Å². The molecule has 1 atom stereocenters. The molecule has 0 bridgehead atoms. The van der Waals surface area contributed by atoms with Gasteiger partial charge in [0.05, 0.1) is 41.7 Å². The van der Waals surface area contributed by atoms with Crippen LogP contribution in [0, 0.1) is 0 Å². The molecule has 0 amide bonds. The second-order valence-corrected chi connectivity index (χ2v) is 9.48. The molecule has 2 heterocycles. The molecular weight excluding hydrogens is 480 g/mol. The van der Waals surface area contributed by atoms with E-state index in [1.165, 1.54) is 29.1 Å². The summed E-state index contributed by atoms with van der Waals surface area (Å²) in [5, 5.41) is 9.90. The normalized spacial score (nSPS) is 15.5. The third-order valence-corrected chi connectivity index (χ3v) is 6.57. The van der Waals surface area contributed by atoms with E-state index in [1.807, 2.05) is 38.1 Å². The first-order valence-electron chi connectivity index (χ1n) is 11.6. The van der Waals surface area contributed by atoms with Crippen molar-refractivity contribution in [3.05, 3.63) is 84.5 Å². The van der Waals surface area contributed by atoms with Gasteiger partial charge in [0.1, 0.15) is 5.75 Å². The number of carbonyl (C=O) groups is 1. The smallest absolute Gasteiger partial charge is 0.338 e. The second-order valence-electron chi connectivity index (χ2n) is 8.47. The maximum Gasteiger partial charge on any atom is 0.338 e. The Kier molecular flexibility index (Phi) is 7.30. The average Bonchev–Trinajstić information content (AvgIpc) is 3.14. The summed E-state index contributed by atoms with van der Waals surface area (Å²) in [6, 6.07) is 11.5. The maximum atomic E-state index is 13.7. The summed E-state index contributed by atoms with van der Waals surface area (Å²) in [7, 11) is 1.46. The minimum Gasteiger partial charge on any atom is -0.504 e. The van der Waals surface area contributed by atoms with E-state index >= 15 is 0 Å². The van der Waals surface area contributed by atoms with Crippen LogP contribution in [-0.4, -0.2) is 35.5 Å². The van der Waals surface area contributed by atoms with Gasteiger partial charge in [-0.25, -0.2) is 9.79 Å². The summed E-state index contributed by atoms with van der Waals surface area (Å²) in [5.41, 5.74) is 1.96. The number of hydrogen-bond donors (Lipinski definition) is 1. The first kappa shape index (κ1) is 25.2. The van der Waals surface area contributed by atoms with Gasteiger partial charge in [0.15, 0.2) is 16.3 Å². The SMILES string of the molecule is CCOC(=O)C1=C(C)N=c2s/c(=C\c3ccc(O)c(OC)c3)c(=O)n2[C@@H]1c1ccc(OC(C)C)cc1. The van der Waals surface area contributed by atoms with Crippen molar-refractivity contribution in [2.24, 2.45) is 4.99 Å². The molecule has 4 rings (SSSR count). The number of carbonyl (C=O) groups excluding carboxylic acids is 1. The topological polar surface area (TPSA) is 99.4 Å². The Labute approximate surface area is 212 Å². The number of hydrogen-bond acceptors (Lipinski definition) is 8. The number of aromatic nitrogens is 1. The fraction of sp³-hybridized carbons (Fsp3) is 0.296. The molecule has 2 aromatic carbocycles. The quantitative estimate of drug-likeness (QED) is 0.492. The van der Waals surface area contributed by atoms with Gasteiger partial charge in [-0.15, -0.1) is 0 Å². The highest BCUT2D eigenvalue weighted by molar-refractivity contribution is 7.07. The van der Waals surface area contributed by atoms with E-state index in [2.05, 4.69) is 4.99 Å². The van der Waals surface area contributed by atoms with E-state index in [4.69, 9.17) is 14.2 Å².